The zero-order valence-corrected chi connectivity index (χ0v) is 13.8. The molecule has 3 aliphatic rings. The van der Waals surface area contributed by atoms with Crippen LogP contribution in [-0.2, 0) is 19.7 Å². The third-order valence-electron chi connectivity index (χ3n) is 4.84. The van der Waals surface area contributed by atoms with Gasteiger partial charge in [0.25, 0.3) is 10.2 Å². The Morgan fingerprint density at radius 3 is 2.00 bits per heavy atom. The summed E-state index contributed by atoms with van der Waals surface area (Å²) in [5.41, 5.74) is 0. The van der Waals surface area contributed by atoms with Crippen molar-refractivity contribution in [2.45, 2.75) is 25.7 Å². The zero-order chi connectivity index (χ0) is 15.6. The Bertz CT molecular complexity index is 490. The molecule has 0 aromatic carbocycles. The van der Waals surface area contributed by atoms with Gasteiger partial charge in [-0.1, -0.05) is 0 Å². The van der Waals surface area contributed by atoms with E-state index in [-0.39, 0.29) is 11.8 Å². The number of hydrogen-bond donors (Lipinski definition) is 0. The number of piperidine rings is 1. The van der Waals surface area contributed by atoms with Crippen LogP contribution in [-0.4, -0.2) is 80.3 Å². The number of nitrogens with zero attached hydrogens (tertiary/aromatic N) is 3. The van der Waals surface area contributed by atoms with Crippen LogP contribution >= 0.6 is 0 Å². The van der Waals surface area contributed by atoms with Crippen LogP contribution in [0.25, 0.3) is 0 Å². The third kappa shape index (κ3) is 3.29. The van der Waals surface area contributed by atoms with E-state index in [1.807, 2.05) is 4.90 Å². The molecule has 0 aromatic rings. The van der Waals surface area contributed by atoms with E-state index in [9.17, 15) is 13.2 Å². The minimum atomic E-state index is -3.31. The molecule has 22 heavy (non-hydrogen) atoms. The summed E-state index contributed by atoms with van der Waals surface area (Å²) >= 11 is 0. The molecule has 8 heteroatoms. The lowest BCUT2D eigenvalue weighted by atomic mass is 9.96. The average Bonchev–Trinajstić information content (AvgIpc) is 3.10. The first-order valence-corrected chi connectivity index (χ1v) is 9.60. The molecule has 0 atom stereocenters. The Labute approximate surface area is 132 Å². The van der Waals surface area contributed by atoms with E-state index in [2.05, 4.69) is 0 Å². The zero-order valence-electron chi connectivity index (χ0n) is 12.9. The standard InChI is InChI=1S/C14H25N3O4S/c18-14(15-9-11-21-12-10-15)13-3-7-17(8-4-13)22(19,20)16-5-1-2-6-16/h13H,1-12H2. The van der Waals surface area contributed by atoms with Gasteiger partial charge in [0.05, 0.1) is 13.2 Å². The lowest BCUT2D eigenvalue weighted by Crippen LogP contribution is -2.50. The van der Waals surface area contributed by atoms with Crippen molar-refractivity contribution < 1.29 is 17.9 Å². The molecule has 0 aromatic heterocycles. The van der Waals surface area contributed by atoms with E-state index in [4.69, 9.17) is 4.74 Å². The highest BCUT2D eigenvalue weighted by molar-refractivity contribution is 7.86. The Balaban J connectivity index is 1.54. The summed E-state index contributed by atoms with van der Waals surface area (Å²) in [6.07, 6.45) is 3.16. The van der Waals surface area contributed by atoms with E-state index in [0.717, 1.165) is 12.8 Å². The topological polar surface area (TPSA) is 70.2 Å². The Hall–Kier alpha value is -0.700. The number of morpholine rings is 1. The number of amides is 1. The van der Waals surface area contributed by atoms with E-state index in [0.29, 0.717) is 65.3 Å². The van der Waals surface area contributed by atoms with Gasteiger partial charge in [-0.3, -0.25) is 4.79 Å². The van der Waals surface area contributed by atoms with Gasteiger partial charge in [-0.05, 0) is 25.7 Å². The Morgan fingerprint density at radius 1 is 0.864 bits per heavy atom. The summed E-state index contributed by atoms with van der Waals surface area (Å²) in [4.78, 5) is 14.3. The van der Waals surface area contributed by atoms with E-state index in [1.54, 1.807) is 8.61 Å². The van der Waals surface area contributed by atoms with E-state index < -0.39 is 10.2 Å². The SMILES string of the molecule is O=C(C1CCN(S(=O)(=O)N2CCCC2)CC1)N1CCOCC1. The minimum Gasteiger partial charge on any atom is -0.378 e. The summed E-state index contributed by atoms with van der Waals surface area (Å²) in [5, 5.41) is 0. The molecule has 0 radical (unpaired) electrons. The van der Waals surface area contributed by atoms with Gasteiger partial charge < -0.3 is 9.64 Å². The Kier molecular flexibility index (Phi) is 5.01. The van der Waals surface area contributed by atoms with Crippen LogP contribution in [0.3, 0.4) is 0 Å². The fourth-order valence-corrected chi connectivity index (χ4v) is 5.18. The molecule has 0 spiro atoms. The van der Waals surface area contributed by atoms with Gasteiger partial charge in [0.15, 0.2) is 0 Å². The highest BCUT2D eigenvalue weighted by atomic mass is 32.2. The molecule has 0 aliphatic carbocycles. The van der Waals surface area contributed by atoms with Crippen LogP contribution in [0.1, 0.15) is 25.7 Å². The second-order valence-electron chi connectivity index (χ2n) is 6.22. The maximum absolute atomic E-state index is 12.5. The van der Waals surface area contributed by atoms with Crippen molar-refractivity contribution in [3.63, 3.8) is 0 Å². The molecule has 0 N–H and O–H groups in total. The summed E-state index contributed by atoms with van der Waals surface area (Å²) in [6, 6.07) is 0. The summed E-state index contributed by atoms with van der Waals surface area (Å²) in [7, 11) is -3.31. The van der Waals surface area contributed by atoms with Crippen LogP contribution in [0.5, 0.6) is 0 Å². The van der Waals surface area contributed by atoms with Gasteiger partial charge in [0, 0.05) is 45.2 Å². The van der Waals surface area contributed by atoms with Crippen molar-refractivity contribution in [1.82, 2.24) is 13.5 Å². The summed E-state index contributed by atoms with van der Waals surface area (Å²) in [6.45, 7) is 4.71. The van der Waals surface area contributed by atoms with Crippen molar-refractivity contribution in [2.75, 3.05) is 52.5 Å². The van der Waals surface area contributed by atoms with Crippen LogP contribution in [0.2, 0.25) is 0 Å². The molecule has 7 nitrogen and oxygen atoms in total. The maximum Gasteiger partial charge on any atom is 0.281 e. The maximum atomic E-state index is 12.5. The van der Waals surface area contributed by atoms with E-state index >= 15 is 0 Å². The van der Waals surface area contributed by atoms with Crippen molar-refractivity contribution in [2.24, 2.45) is 5.92 Å². The fraction of sp³-hybridized carbons (Fsp3) is 0.929. The van der Waals surface area contributed by atoms with Crippen molar-refractivity contribution in [3.05, 3.63) is 0 Å². The van der Waals surface area contributed by atoms with Crippen LogP contribution < -0.4 is 0 Å². The molecule has 3 saturated heterocycles. The lowest BCUT2D eigenvalue weighted by molar-refractivity contribution is -0.140. The molecule has 0 bridgehead atoms. The normalized spacial score (nSPS) is 26.5. The number of carbonyl (C=O) groups is 1. The van der Waals surface area contributed by atoms with Gasteiger partial charge in [-0.15, -0.1) is 0 Å². The number of carbonyl (C=O) groups excluding carboxylic acids is 1. The predicted molar refractivity (Wildman–Crippen MR) is 81.4 cm³/mol. The molecule has 3 fully saturated rings. The minimum absolute atomic E-state index is 0.0388. The van der Waals surface area contributed by atoms with Crippen molar-refractivity contribution in [1.29, 1.82) is 0 Å². The molecule has 1 amide bonds. The number of rotatable bonds is 3. The van der Waals surface area contributed by atoms with Gasteiger partial charge in [-0.25, -0.2) is 0 Å². The second-order valence-corrected chi connectivity index (χ2v) is 8.15. The molecule has 3 aliphatic heterocycles. The van der Waals surface area contributed by atoms with Crippen LogP contribution in [0, 0.1) is 5.92 Å². The third-order valence-corrected chi connectivity index (χ3v) is 6.88. The highest BCUT2D eigenvalue weighted by Gasteiger charge is 2.36. The van der Waals surface area contributed by atoms with Gasteiger partial charge in [0.2, 0.25) is 5.91 Å². The highest BCUT2D eigenvalue weighted by Crippen LogP contribution is 2.25. The molecule has 126 valence electrons. The molecular weight excluding hydrogens is 306 g/mol. The summed E-state index contributed by atoms with van der Waals surface area (Å²) in [5.74, 6) is 0.129. The lowest BCUT2D eigenvalue weighted by Gasteiger charge is -2.36. The number of hydrogen-bond acceptors (Lipinski definition) is 4. The van der Waals surface area contributed by atoms with Gasteiger partial charge >= 0.3 is 0 Å². The first kappa shape index (κ1) is 16.2. The predicted octanol–water partition coefficient (Wildman–Crippen LogP) is -0.102. The molecule has 3 heterocycles. The van der Waals surface area contributed by atoms with Crippen LogP contribution in [0.4, 0.5) is 0 Å². The molecule has 0 saturated carbocycles. The first-order valence-electron chi connectivity index (χ1n) is 8.21. The monoisotopic (exact) mass is 331 g/mol. The summed E-state index contributed by atoms with van der Waals surface area (Å²) < 4.78 is 33.4. The number of ether oxygens (including phenoxy) is 1. The smallest absolute Gasteiger partial charge is 0.281 e. The van der Waals surface area contributed by atoms with Gasteiger partial charge in [-0.2, -0.15) is 17.0 Å². The average molecular weight is 331 g/mol. The van der Waals surface area contributed by atoms with E-state index in [1.165, 1.54) is 0 Å². The Morgan fingerprint density at radius 2 is 1.41 bits per heavy atom. The quantitative estimate of drug-likeness (QED) is 0.724. The molecule has 3 rings (SSSR count). The fourth-order valence-electron chi connectivity index (χ4n) is 3.46. The van der Waals surface area contributed by atoms with Crippen LogP contribution in [0.15, 0.2) is 0 Å². The molecular formula is C14H25N3O4S. The first-order chi connectivity index (χ1) is 10.6. The van der Waals surface area contributed by atoms with Crippen molar-refractivity contribution >= 4 is 16.1 Å². The van der Waals surface area contributed by atoms with Gasteiger partial charge in [0.1, 0.15) is 0 Å². The second kappa shape index (κ2) is 6.82. The molecule has 0 unspecified atom stereocenters. The largest absolute Gasteiger partial charge is 0.378 e. The van der Waals surface area contributed by atoms with Crippen molar-refractivity contribution in [3.8, 4) is 0 Å².